The van der Waals surface area contributed by atoms with E-state index >= 15 is 0 Å². The van der Waals surface area contributed by atoms with Gasteiger partial charge in [0.1, 0.15) is 5.82 Å². The molecule has 0 saturated carbocycles. The van der Waals surface area contributed by atoms with Crippen molar-refractivity contribution in [2.24, 2.45) is 0 Å². The molecule has 2 N–H and O–H groups in total. The molecular formula is C20H21N5O. The molecule has 6 heteroatoms. The van der Waals surface area contributed by atoms with Gasteiger partial charge in [0.25, 0.3) is 0 Å². The van der Waals surface area contributed by atoms with E-state index in [2.05, 4.69) is 16.8 Å². The maximum atomic E-state index is 5.83. The highest BCUT2D eigenvalue weighted by Crippen LogP contribution is 2.31. The zero-order chi connectivity index (χ0) is 17.9. The molecule has 1 aliphatic heterocycles. The second kappa shape index (κ2) is 7.09. The number of hydrogen-bond acceptors (Lipinski definition) is 6. The third kappa shape index (κ3) is 3.23. The van der Waals surface area contributed by atoms with Crippen LogP contribution in [-0.4, -0.2) is 41.3 Å². The molecule has 3 aromatic rings. The summed E-state index contributed by atoms with van der Waals surface area (Å²) in [5.74, 6) is 1.66. The maximum absolute atomic E-state index is 5.83. The molecule has 132 valence electrons. The molecule has 0 atom stereocenters. The van der Waals surface area contributed by atoms with Gasteiger partial charge < -0.3 is 15.4 Å². The van der Waals surface area contributed by atoms with E-state index in [1.54, 1.807) is 12.4 Å². The van der Waals surface area contributed by atoms with E-state index in [0.29, 0.717) is 19.0 Å². The Bertz CT molecular complexity index is 890. The minimum Gasteiger partial charge on any atom is -0.399 e. The third-order valence-electron chi connectivity index (χ3n) is 4.55. The third-order valence-corrected chi connectivity index (χ3v) is 4.55. The molecule has 3 heterocycles. The van der Waals surface area contributed by atoms with E-state index < -0.39 is 0 Å². The molecule has 1 aromatic carbocycles. The number of nitrogens with two attached hydrogens (primary N) is 1. The quantitative estimate of drug-likeness (QED) is 0.734. The number of aromatic nitrogens is 3. The maximum Gasteiger partial charge on any atom is 0.162 e. The number of hydrogen-bond donors (Lipinski definition) is 1. The number of pyridine rings is 1. The molecule has 0 spiro atoms. The van der Waals surface area contributed by atoms with Gasteiger partial charge >= 0.3 is 0 Å². The molecule has 0 radical (unpaired) electrons. The van der Waals surface area contributed by atoms with Crippen molar-refractivity contribution in [3.05, 3.63) is 54.4 Å². The van der Waals surface area contributed by atoms with Crippen LogP contribution in [0, 0.1) is 6.92 Å². The van der Waals surface area contributed by atoms with Crippen LogP contribution in [0.15, 0.2) is 48.8 Å². The summed E-state index contributed by atoms with van der Waals surface area (Å²) in [5.41, 5.74) is 10.5. The van der Waals surface area contributed by atoms with E-state index in [1.807, 2.05) is 36.4 Å². The zero-order valence-electron chi connectivity index (χ0n) is 14.7. The van der Waals surface area contributed by atoms with Crippen LogP contribution >= 0.6 is 0 Å². The lowest BCUT2D eigenvalue weighted by molar-refractivity contribution is 0.122. The molecule has 4 rings (SSSR count). The molecule has 2 aromatic heterocycles. The van der Waals surface area contributed by atoms with Gasteiger partial charge in [0.2, 0.25) is 0 Å². The van der Waals surface area contributed by atoms with Crippen molar-refractivity contribution >= 4 is 11.5 Å². The van der Waals surface area contributed by atoms with Gasteiger partial charge in [-0.25, -0.2) is 9.97 Å². The highest BCUT2D eigenvalue weighted by molar-refractivity contribution is 5.72. The molecular weight excluding hydrogens is 326 g/mol. The van der Waals surface area contributed by atoms with Gasteiger partial charge in [-0.2, -0.15) is 0 Å². The average molecular weight is 347 g/mol. The summed E-state index contributed by atoms with van der Waals surface area (Å²) < 4.78 is 5.50. The second-order valence-corrected chi connectivity index (χ2v) is 6.30. The Hall–Kier alpha value is -2.99. The lowest BCUT2D eigenvalue weighted by Gasteiger charge is -2.30. The van der Waals surface area contributed by atoms with Crippen molar-refractivity contribution in [1.29, 1.82) is 0 Å². The minimum atomic E-state index is 0.698. The molecule has 0 unspecified atom stereocenters. The minimum absolute atomic E-state index is 0.698. The SMILES string of the molecule is Cc1c(-c2ccncc2)nc(-c2ccc(N)cc2)nc1N1CCOCC1. The van der Waals surface area contributed by atoms with Crippen LogP contribution in [0.4, 0.5) is 11.5 Å². The van der Waals surface area contributed by atoms with Crippen molar-refractivity contribution in [3.63, 3.8) is 0 Å². The first-order valence-corrected chi connectivity index (χ1v) is 8.70. The number of rotatable bonds is 3. The van der Waals surface area contributed by atoms with Gasteiger partial charge in [0, 0.05) is 47.9 Å². The lowest BCUT2D eigenvalue weighted by atomic mass is 10.1. The predicted octanol–water partition coefficient (Wildman–Crippen LogP) is 2.93. The molecule has 6 nitrogen and oxygen atoms in total. The largest absolute Gasteiger partial charge is 0.399 e. The predicted molar refractivity (Wildman–Crippen MR) is 103 cm³/mol. The van der Waals surface area contributed by atoms with Crippen molar-refractivity contribution in [1.82, 2.24) is 15.0 Å². The molecule has 1 fully saturated rings. The Labute approximate surface area is 152 Å². The molecule has 26 heavy (non-hydrogen) atoms. The number of benzene rings is 1. The van der Waals surface area contributed by atoms with E-state index in [4.69, 9.17) is 20.4 Å². The molecule has 0 amide bonds. The lowest BCUT2D eigenvalue weighted by Crippen LogP contribution is -2.37. The number of nitrogen functional groups attached to an aromatic ring is 1. The summed E-state index contributed by atoms with van der Waals surface area (Å²) in [5, 5.41) is 0. The highest BCUT2D eigenvalue weighted by Gasteiger charge is 2.20. The van der Waals surface area contributed by atoms with Crippen LogP contribution in [0.5, 0.6) is 0 Å². The molecule has 0 bridgehead atoms. The van der Waals surface area contributed by atoms with E-state index in [9.17, 15) is 0 Å². The van der Waals surface area contributed by atoms with Gasteiger partial charge in [0.15, 0.2) is 5.82 Å². The fourth-order valence-electron chi connectivity index (χ4n) is 3.14. The number of anilines is 2. The van der Waals surface area contributed by atoms with Gasteiger partial charge in [-0.3, -0.25) is 4.98 Å². The Kier molecular flexibility index (Phi) is 4.50. The van der Waals surface area contributed by atoms with Gasteiger partial charge in [-0.15, -0.1) is 0 Å². The van der Waals surface area contributed by atoms with Crippen LogP contribution in [0.2, 0.25) is 0 Å². The zero-order valence-corrected chi connectivity index (χ0v) is 14.7. The summed E-state index contributed by atoms with van der Waals surface area (Å²) in [4.78, 5) is 16.1. The Morgan fingerprint density at radius 2 is 1.62 bits per heavy atom. The van der Waals surface area contributed by atoms with Crippen LogP contribution in [-0.2, 0) is 4.74 Å². The van der Waals surface area contributed by atoms with Gasteiger partial charge in [0.05, 0.1) is 18.9 Å². The van der Waals surface area contributed by atoms with Crippen molar-refractivity contribution in [2.45, 2.75) is 6.92 Å². The summed E-state index contributed by atoms with van der Waals surface area (Å²) in [6.07, 6.45) is 3.57. The first-order valence-electron chi connectivity index (χ1n) is 8.70. The average Bonchev–Trinajstić information content (AvgIpc) is 2.70. The van der Waals surface area contributed by atoms with E-state index in [0.717, 1.165) is 47.0 Å². The van der Waals surface area contributed by atoms with Crippen molar-refractivity contribution < 1.29 is 4.74 Å². The Morgan fingerprint density at radius 1 is 0.923 bits per heavy atom. The Morgan fingerprint density at radius 3 is 2.31 bits per heavy atom. The first kappa shape index (κ1) is 16.5. The highest BCUT2D eigenvalue weighted by atomic mass is 16.5. The monoisotopic (exact) mass is 347 g/mol. The summed E-state index contributed by atoms with van der Waals surface area (Å²) >= 11 is 0. The van der Waals surface area contributed by atoms with Crippen molar-refractivity contribution in [3.8, 4) is 22.6 Å². The fourth-order valence-corrected chi connectivity index (χ4v) is 3.14. The number of nitrogens with zero attached hydrogens (tertiary/aromatic N) is 4. The first-order chi connectivity index (χ1) is 12.7. The van der Waals surface area contributed by atoms with Crippen LogP contribution in [0.1, 0.15) is 5.56 Å². The summed E-state index contributed by atoms with van der Waals surface area (Å²) in [7, 11) is 0. The van der Waals surface area contributed by atoms with E-state index in [1.165, 1.54) is 0 Å². The van der Waals surface area contributed by atoms with Crippen LogP contribution in [0.25, 0.3) is 22.6 Å². The standard InChI is InChI=1S/C20H21N5O/c1-14-18(15-6-8-22-9-7-15)23-19(16-2-4-17(21)5-3-16)24-20(14)25-10-12-26-13-11-25/h2-9H,10-13,21H2,1H3. The molecule has 0 aliphatic carbocycles. The Balaban J connectivity index is 1.87. The number of morpholine rings is 1. The fraction of sp³-hybridized carbons (Fsp3) is 0.250. The molecule has 1 saturated heterocycles. The normalized spacial score (nSPS) is 14.4. The summed E-state index contributed by atoms with van der Waals surface area (Å²) in [6.45, 7) is 5.16. The van der Waals surface area contributed by atoms with Gasteiger partial charge in [-0.1, -0.05) is 0 Å². The number of ether oxygens (including phenoxy) is 1. The second-order valence-electron chi connectivity index (χ2n) is 6.30. The topological polar surface area (TPSA) is 77.2 Å². The molecule has 1 aliphatic rings. The van der Waals surface area contributed by atoms with Gasteiger partial charge in [-0.05, 0) is 43.3 Å². The van der Waals surface area contributed by atoms with Crippen LogP contribution in [0.3, 0.4) is 0 Å². The smallest absolute Gasteiger partial charge is 0.162 e. The van der Waals surface area contributed by atoms with Crippen molar-refractivity contribution in [2.75, 3.05) is 36.9 Å². The van der Waals surface area contributed by atoms with Crippen LogP contribution < -0.4 is 10.6 Å². The van der Waals surface area contributed by atoms with E-state index in [-0.39, 0.29) is 0 Å². The summed E-state index contributed by atoms with van der Waals surface area (Å²) in [6, 6.07) is 11.6.